The molecule has 0 saturated heterocycles. The molecule has 4 N–H and O–H groups in total. The number of hydrogen-bond donors (Lipinski definition) is 2. The Hall–Kier alpha value is -2.04. The molecule has 0 aliphatic carbocycles. The van der Waals surface area contributed by atoms with Crippen LogP contribution in [0.3, 0.4) is 0 Å². The quantitative estimate of drug-likeness (QED) is 0.336. The molecular formula is C11H15N3O2. The van der Waals surface area contributed by atoms with Gasteiger partial charge in [-0.15, -0.1) is 0 Å². The van der Waals surface area contributed by atoms with Crippen LogP contribution in [0.5, 0.6) is 0 Å². The smallest absolute Gasteiger partial charge is 0.307 e. The Bertz CT molecular complexity index is 402. The maximum absolute atomic E-state index is 10.8. The lowest BCUT2D eigenvalue weighted by Crippen LogP contribution is -2.16. The van der Waals surface area contributed by atoms with Crippen LogP contribution in [0.15, 0.2) is 29.3 Å². The predicted octanol–water partition coefficient (Wildman–Crippen LogP) is 0.537. The minimum absolute atomic E-state index is 0.212. The molecule has 0 bridgehead atoms. The Balaban J connectivity index is 2.64. The van der Waals surface area contributed by atoms with Crippen LogP contribution in [-0.2, 0) is 9.53 Å². The molecule has 0 aliphatic rings. The van der Waals surface area contributed by atoms with Crippen molar-refractivity contribution in [3.05, 3.63) is 29.8 Å². The molecule has 0 atom stereocenters. The van der Waals surface area contributed by atoms with Gasteiger partial charge < -0.3 is 16.2 Å². The second kappa shape index (κ2) is 5.75. The van der Waals surface area contributed by atoms with Gasteiger partial charge in [-0.1, -0.05) is 12.1 Å². The average molecular weight is 221 g/mol. The van der Waals surface area contributed by atoms with Gasteiger partial charge in [0.05, 0.1) is 20.1 Å². The van der Waals surface area contributed by atoms with Crippen molar-refractivity contribution in [1.29, 1.82) is 0 Å². The number of rotatable bonds is 4. The topological polar surface area (TPSA) is 90.7 Å². The van der Waals surface area contributed by atoms with E-state index in [1.165, 1.54) is 7.11 Å². The van der Waals surface area contributed by atoms with Crippen molar-refractivity contribution in [3.63, 3.8) is 0 Å². The van der Waals surface area contributed by atoms with E-state index in [4.69, 9.17) is 11.5 Å². The third-order valence-corrected chi connectivity index (χ3v) is 2.06. The van der Waals surface area contributed by atoms with E-state index in [1.807, 2.05) is 12.1 Å². The minimum Gasteiger partial charge on any atom is -0.469 e. The highest BCUT2D eigenvalue weighted by Crippen LogP contribution is 2.09. The summed E-state index contributed by atoms with van der Waals surface area (Å²) in [5.41, 5.74) is 12.7. The van der Waals surface area contributed by atoms with E-state index in [2.05, 4.69) is 9.73 Å². The van der Waals surface area contributed by atoms with Crippen molar-refractivity contribution in [1.82, 2.24) is 0 Å². The van der Waals surface area contributed by atoms with Gasteiger partial charge in [-0.25, -0.2) is 0 Å². The van der Waals surface area contributed by atoms with Crippen LogP contribution in [0.1, 0.15) is 12.0 Å². The first-order chi connectivity index (χ1) is 7.65. The molecule has 5 nitrogen and oxygen atoms in total. The number of anilines is 1. The monoisotopic (exact) mass is 221 g/mol. The molecule has 5 heteroatoms. The highest BCUT2D eigenvalue weighted by Gasteiger charge is 2.03. The standard InChI is InChI=1S/C11H15N3O2/c1-16-10(15)6-7-14-11(13)8-4-2-3-5-9(8)12/h2-5H,6-7,12H2,1H3,(H2,13,14). The van der Waals surface area contributed by atoms with Gasteiger partial charge in [0.15, 0.2) is 0 Å². The molecule has 0 fully saturated rings. The van der Waals surface area contributed by atoms with Gasteiger partial charge in [0.2, 0.25) is 0 Å². The number of amidine groups is 1. The van der Waals surface area contributed by atoms with Gasteiger partial charge in [0, 0.05) is 11.3 Å². The van der Waals surface area contributed by atoms with Crippen LogP contribution in [0.2, 0.25) is 0 Å². The van der Waals surface area contributed by atoms with Gasteiger partial charge >= 0.3 is 5.97 Å². The Morgan fingerprint density at radius 2 is 2.12 bits per heavy atom. The van der Waals surface area contributed by atoms with Crippen LogP contribution in [-0.4, -0.2) is 25.5 Å². The number of nitrogens with zero attached hydrogens (tertiary/aromatic N) is 1. The molecule has 0 aliphatic heterocycles. The largest absolute Gasteiger partial charge is 0.469 e. The molecule has 0 heterocycles. The number of ether oxygens (including phenoxy) is 1. The Labute approximate surface area is 94.1 Å². The number of benzene rings is 1. The average Bonchev–Trinajstić information content (AvgIpc) is 2.29. The number of nitrogen functional groups attached to an aromatic ring is 1. The minimum atomic E-state index is -0.308. The molecule has 86 valence electrons. The van der Waals surface area contributed by atoms with E-state index in [1.54, 1.807) is 12.1 Å². The van der Waals surface area contributed by atoms with E-state index in [-0.39, 0.29) is 12.4 Å². The zero-order valence-electron chi connectivity index (χ0n) is 9.14. The number of carbonyl (C=O) groups is 1. The fourth-order valence-corrected chi connectivity index (χ4v) is 1.19. The van der Waals surface area contributed by atoms with Crippen LogP contribution < -0.4 is 11.5 Å². The van der Waals surface area contributed by atoms with E-state index in [0.29, 0.717) is 23.6 Å². The van der Waals surface area contributed by atoms with E-state index < -0.39 is 0 Å². The van der Waals surface area contributed by atoms with Crippen molar-refractivity contribution >= 4 is 17.5 Å². The summed E-state index contributed by atoms with van der Waals surface area (Å²) < 4.78 is 4.49. The first-order valence-corrected chi connectivity index (χ1v) is 4.86. The zero-order valence-corrected chi connectivity index (χ0v) is 9.14. The number of carbonyl (C=O) groups excluding carboxylic acids is 1. The third kappa shape index (κ3) is 3.27. The van der Waals surface area contributed by atoms with E-state index >= 15 is 0 Å². The number of hydrogen-bond acceptors (Lipinski definition) is 4. The van der Waals surface area contributed by atoms with Crippen LogP contribution >= 0.6 is 0 Å². The molecule has 1 aromatic rings. The number of methoxy groups -OCH3 is 1. The molecular weight excluding hydrogens is 206 g/mol. The van der Waals surface area contributed by atoms with Gasteiger partial charge in [-0.2, -0.15) is 0 Å². The number of esters is 1. The van der Waals surface area contributed by atoms with Gasteiger partial charge in [-0.05, 0) is 12.1 Å². The SMILES string of the molecule is COC(=O)CCN=C(N)c1ccccc1N. The second-order valence-corrected chi connectivity index (χ2v) is 3.18. The summed E-state index contributed by atoms with van der Waals surface area (Å²) in [7, 11) is 1.34. The lowest BCUT2D eigenvalue weighted by Gasteiger charge is -2.04. The summed E-state index contributed by atoms with van der Waals surface area (Å²) in [5.74, 6) is 0.0274. The van der Waals surface area contributed by atoms with Crippen molar-refractivity contribution < 1.29 is 9.53 Å². The summed E-state index contributed by atoms with van der Waals surface area (Å²) in [5, 5.41) is 0. The molecule has 1 rings (SSSR count). The van der Waals surface area contributed by atoms with Crippen LogP contribution in [0, 0.1) is 0 Å². The van der Waals surface area contributed by atoms with Crippen LogP contribution in [0.25, 0.3) is 0 Å². The molecule has 0 unspecified atom stereocenters. The van der Waals surface area contributed by atoms with E-state index in [0.717, 1.165) is 0 Å². The van der Waals surface area contributed by atoms with Crippen molar-refractivity contribution in [3.8, 4) is 0 Å². The van der Waals surface area contributed by atoms with Gasteiger partial charge in [-0.3, -0.25) is 9.79 Å². The predicted molar refractivity (Wildman–Crippen MR) is 63.1 cm³/mol. The normalized spacial score (nSPS) is 11.2. The Morgan fingerprint density at radius 1 is 1.44 bits per heavy atom. The lowest BCUT2D eigenvalue weighted by atomic mass is 10.1. The maximum Gasteiger partial charge on any atom is 0.307 e. The summed E-state index contributed by atoms with van der Waals surface area (Å²) in [6, 6.07) is 7.18. The highest BCUT2D eigenvalue weighted by molar-refractivity contribution is 6.01. The molecule has 16 heavy (non-hydrogen) atoms. The molecule has 0 radical (unpaired) electrons. The molecule has 0 aromatic heterocycles. The Morgan fingerprint density at radius 3 is 2.75 bits per heavy atom. The summed E-state index contributed by atoms with van der Waals surface area (Å²) in [6.07, 6.45) is 0.212. The lowest BCUT2D eigenvalue weighted by molar-refractivity contribution is -0.140. The molecule has 0 amide bonds. The second-order valence-electron chi connectivity index (χ2n) is 3.18. The van der Waals surface area contributed by atoms with Crippen molar-refractivity contribution in [2.24, 2.45) is 10.7 Å². The summed E-state index contributed by atoms with van der Waals surface area (Å²) in [4.78, 5) is 14.9. The van der Waals surface area contributed by atoms with Gasteiger partial charge in [0.1, 0.15) is 5.84 Å². The fourth-order valence-electron chi connectivity index (χ4n) is 1.19. The number of aliphatic imine (C=N–C) groups is 1. The summed E-state index contributed by atoms with van der Waals surface area (Å²) in [6.45, 7) is 0.298. The molecule has 0 spiro atoms. The first-order valence-electron chi connectivity index (χ1n) is 4.86. The molecule has 0 saturated carbocycles. The highest BCUT2D eigenvalue weighted by atomic mass is 16.5. The fraction of sp³-hybridized carbons (Fsp3) is 0.273. The third-order valence-electron chi connectivity index (χ3n) is 2.06. The number of para-hydroxylation sites is 1. The van der Waals surface area contributed by atoms with Crippen molar-refractivity contribution in [2.75, 3.05) is 19.4 Å². The maximum atomic E-state index is 10.8. The Kier molecular flexibility index (Phi) is 4.32. The zero-order chi connectivity index (χ0) is 12.0. The van der Waals surface area contributed by atoms with Crippen LogP contribution in [0.4, 0.5) is 5.69 Å². The van der Waals surface area contributed by atoms with E-state index in [9.17, 15) is 4.79 Å². The van der Waals surface area contributed by atoms with Crippen molar-refractivity contribution in [2.45, 2.75) is 6.42 Å². The molecule has 1 aromatic carbocycles. The number of nitrogens with two attached hydrogens (primary N) is 2. The van der Waals surface area contributed by atoms with Gasteiger partial charge in [0.25, 0.3) is 0 Å². The summed E-state index contributed by atoms with van der Waals surface area (Å²) >= 11 is 0. The first kappa shape index (κ1) is 12.0.